The van der Waals surface area contributed by atoms with Gasteiger partial charge in [-0.25, -0.2) is 9.97 Å². The molecule has 0 saturated carbocycles. The Morgan fingerprint density at radius 1 is 1.11 bits per heavy atom. The van der Waals surface area contributed by atoms with Gasteiger partial charge in [-0.1, -0.05) is 12.1 Å². The van der Waals surface area contributed by atoms with E-state index in [1.165, 1.54) is 0 Å². The number of pyridine rings is 1. The molecule has 0 bridgehead atoms. The molecule has 0 unspecified atom stereocenters. The number of hydrogen-bond acceptors (Lipinski definition) is 8. The molecule has 2 N–H and O–H groups in total. The Kier molecular flexibility index (Phi) is 5.20. The molecular formula is C20H21N5O3. The summed E-state index contributed by atoms with van der Waals surface area (Å²) in [6, 6.07) is 12.5. The number of hydrogen-bond donors (Lipinski definition) is 2. The summed E-state index contributed by atoms with van der Waals surface area (Å²) in [6.45, 7) is 2.75. The van der Waals surface area contributed by atoms with Gasteiger partial charge < -0.3 is 24.8 Å². The SMILES string of the molecule is COc1ccc(Nc2cc(-c3cccc(O)c3)nc(N3CCOCC3)n2)cn1. The number of nitrogens with one attached hydrogen (secondary N) is 1. The Morgan fingerprint density at radius 2 is 1.96 bits per heavy atom. The maximum Gasteiger partial charge on any atom is 0.228 e. The Bertz CT molecular complexity index is 943. The van der Waals surface area contributed by atoms with Gasteiger partial charge in [0.2, 0.25) is 11.8 Å². The highest BCUT2D eigenvalue weighted by molar-refractivity contribution is 5.68. The summed E-state index contributed by atoms with van der Waals surface area (Å²) in [7, 11) is 1.58. The quantitative estimate of drug-likeness (QED) is 0.699. The van der Waals surface area contributed by atoms with E-state index in [4.69, 9.17) is 14.5 Å². The number of methoxy groups -OCH3 is 1. The zero-order valence-corrected chi connectivity index (χ0v) is 15.5. The molecular weight excluding hydrogens is 358 g/mol. The van der Waals surface area contributed by atoms with Gasteiger partial charge in [0.25, 0.3) is 0 Å². The van der Waals surface area contributed by atoms with Crippen molar-refractivity contribution in [2.24, 2.45) is 0 Å². The number of benzene rings is 1. The van der Waals surface area contributed by atoms with Crippen molar-refractivity contribution in [1.29, 1.82) is 0 Å². The lowest BCUT2D eigenvalue weighted by molar-refractivity contribution is 0.122. The van der Waals surface area contributed by atoms with Gasteiger partial charge in [0, 0.05) is 30.8 Å². The zero-order chi connectivity index (χ0) is 19.3. The van der Waals surface area contributed by atoms with E-state index >= 15 is 0 Å². The Hall–Kier alpha value is -3.39. The van der Waals surface area contributed by atoms with Crippen LogP contribution in [0.25, 0.3) is 11.3 Å². The van der Waals surface area contributed by atoms with E-state index in [9.17, 15) is 5.11 Å². The number of morpholine rings is 1. The van der Waals surface area contributed by atoms with Crippen LogP contribution in [0.15, 0.2) is 48.7 Å². The largest absolute Gasteiger partial charge is 0.508 e. The molecule has 4 rings (SSSR count). The van der Waals surface area contributed by atoms with Crippen molar-refractivity contribution in [2.45, 2.75) is 0 Å². The molecule has 1 aromatic carbocycles. The van der Waals surface area contributed by atoms with Crippen molar-refractivity contribution >= 4 is 17.5 Å². The number of anilines is 3. The fourth-order valence-corrected chi connectivity index (χ4v) is 2.94. The van der Waals surface area contributed by atoms with E-state index in [1.54, 1.807) is 37.6 Å². The van der Waals surface area contributed by atoms with Crippen LogP contribution < -0.4 is 15.0 Å². The number of phenolic OH excluding ortho intramolecular Hbond substituents is 1. The summed E-state index contributed by atoms with van der Waals surface area (Å²) in [5.74, 6) is 2.00. The van der Waals surface area contributed by atoms with Gasteiger partial charge in [0.15, 0.2) is 0 Å². The van der Waals surface area contributed by atoms with Gasteiger partial charge in [-0.3, -0.25) is 0 Å². The van der Waals surface area contributed by atoms with E-state index in [-0.39, 0.29) is 5.75 Å². The molecule has 1 fully saturated rings. The van der Waals surface area contributed by atoms with E-state index in [2.05, 4.69) is 20.2 Å². The van der Waals surface area contributed by atoms with Crippen LogP contribution in [-0.4, -0.2) is 53.5 Å². The van der Waals surface area contributed by atoms with Crippen molar-refractivity contribution in [3.05, 3.63) is 48.7 Å². The number of aromatic hydroxyl groups is 1. The third kappa shape index (κ3) is 4.12. The molecule has 0 spiro atoms. The lowest BCUT2D eigenvalue weighted by Crippen LogP contribution is -2.37. The number of aromatic nitrogens is 3. The van der Waals surface area contributed by atoms with Crippen LogP contribution in [0.4, 0.5) is 17.5 Å². The summed E-state index contributed by atoms with van der Waals surface area (Å²) in [5.41, 5.74) is 2.32. The number of ether oxygens (including phenoxy) is 2. The molecule has 3 aromatic rings. The lowest BCUT2D eigenvalue weighted by atomic mass is 10.1. The average molecular weight is 379 g/mol. The molecule has 0 radical (unpaired) electrons. The highest BCUT2D eigenvalue weighted by atomic mass is 16.5. The summed E-state index contributed by atoms with van der Waals surface area (Å²) >= 11 is 0. The van der Waals surface area contributed by atoms with Gasteiger partial charge in [-0.2, -0.15) is 4.98 Å². The molecule has 144 valence electrons. The fourth-order valence-electron chi connectivity index (χ4n) is 2.94. The average Bonchev–Trinajstić information content (AvgIpc) is 2.75. The molecule has 8 heteroatoms. The summed E-state index contributed by atoms with van der Waals surface area (Å²) in [6.07, 6.45) is 1.68. The first-order chi connectivity index (χ1) is 13.7. The molecule has 0 atom stereocenters. The standard InChI is InChI=1S/C20H21N5O3/c1-27-19-6-5-15(13-21-19)22-18-12-17(14-3-2-4-16(26)11-14)23-20(24-18)25-7-9-28-10-8-25/h2-6,11-13,26H,7-10H2,1H3,(H,22,23,24). The molecule has 0 aliphatic carbocycles. The van der Waals surface area contributed by atoms with Crippen LogP contribution in [0.5, 0.6) is 11.6 Å². The Morgan fingerprint density at radius 3 is 2.68 bits per heavy atom. The van der Waals surface area contributed by atoms with E-state index in [0.717, 1.165) is 30.0 Å². The maximum atomic E-state index is 9.84. The predicted octanol–water partition coefficient (Wildman–Crippen LogP) is 2.83. The van der Waals surface area contributed by atoms with E-state index in [0.29, 0.717) is 30.9 Å². The number of phenols is 1. The van der Waals surface area contributed by atoms with Gasteiger partial charge in [0.05, 0.1) is 37.9 Å². The molecule has 1 aliphatic rings. The third-order valence-corrected chi connectivity index (χ3v) is 4.37. The van der Waals surface area contributed by atoms with Crippen LogP contribution in [0.3, 0.4) is 0 Å². The molecule has 2 aromatic heterocycles. The molecule has 3 heterocycles. The smallest absolute Gasteiger partial charge is 0.228 e. The van der Waals surface area contributed by atoms with Crippen molar-refractivity contribution in [3.63, 3.8) is 0 Å². The van der Waals surface area contributed by atoms with Crippen molar-refractivity contribution in [3.8, 4) is 22.9 Å². The van der Waals surface area contributed by atoms with Gasteiger partial charge in [-0.15, -0.1) is 0 Å². The second-order valence-electron chi connectivity index (χ2n) is 6.30. The summed E-state index contributed by atoms with van der Waals surface area (Å²) < 4.78 is 10.5. The minimum Gasteiger partial charge on any atom is -0.508 e. The van der Waals surface area contributed by atoms with Crippen molar-refractivity contribution < 1.29 is 14.6 Å². The van der Waals surface area contributed by atoms with E-state index < -0.39 is 0 Å². The second-order valence-corrected chi connectivity index (χ2v) is 6.30. The predicted molar refractivity (Wildman–Crippen MR) is 106 cm³/mol. The van der Waals surface area contributed by atoms with Crippen molar-refractivity contribution in [2.75, 3.05) is 43.6 Å². The van der Waals surface area contributed by atoms with E-state index in [1.807, 2.05) is 18.2 Å². The zero-order valence-electron chi connectivity index (χ0n) is 15.5. The topological polar surface area (TPSA) is 92.6 Å². The van der Waals surface area contributed by atoms with Crippen molar-refractivity contribution in [1.82, 2.24) is 15.0 Å². The summed E-state index contributed by atoms with van der Waals surface area (Å²) in [4.78, 5) is 15.7. The fraction of sp³-hybridized carbons (Fsp3) is 0.250. The Balaban J connectivity index is 1.70. The third-order valence-electron chi connectivity index (χ3n) is 4.37. The van der Waals surface area contributed by atoms with Crippen LogP contribution >= 0.6 is 0 Å². The lowest BCUT2D eigenvalue weighted by Gasteiger charge is -2.27. The van der Waals surface area contributed by atoms with Crippen LogP contribution in [-0.2, 0) is 4.74 Å². The van der Waals surface area contributed by atoms with Crippen LogP contribution in [0, 0.1) is 0 Å². The molecule has 1 saturated heterocycles. The van der Waals surface area contributed by atoms with Gasteiger partial charge in [0.1, 0.15) is 11.6 Å². The van der Waals surface area contributed by atoms with Crippen LogP contribution in [0.1, 0.15) is 0 Å². The summed E-state index contributed by atoms with van der Waals surface area (Å²) in [5, 5.41) is 13.1. The highest BCUT2D eigenvalue weighted by Gasteiger charge is 2.16. The normalized spacial score (nSPS) is 14.0. The first-order valence-corrected chi connectivity index (χ1v) is 8.99. The molecule has 0 amide bonds. The van der Waals surface area contributed by atoms with Crippen LogP contribution in [0.2, 0.25) is 0 Å². The Labute approximate surface area is 162 Å². The second kappa shape index (κ2) is 8.10. The first-order valence-electron chi connectivity index (χ1n) is 8.99. The monoisotopic (exact) mass is 379 g/mol. The number of nitrogens with zero attached hydrogens (tertiary/aromatic N) is 4. The maximum absolute atomic E-state index is 9.84. The van der Waals surface area contributed by atoms with Gasteiger partial charge in [-0.05, 0) is 18.2 Å². The molecule has 28 heavy (non-hydrogen) atoms. The first kappa shape index (κ1) is 18.0. The highest BCUT2D eigenvalue weighted by Crippen LogP contribution is 2.27. The minimum absolute atomic E-state index is 0.192. The van der Waals surface area contributed by atoms with Gasteiger partial charge >= 0.3 is 0 Å². The minimum atomic E-state index is 0.192. The molecule has 8 nitrogen and oxygen atoms in total. The molecule has 1 aliphatic heterocycles. The number of rotatable bonds is 5.